The van der Waals surface area contributed by atoms with E-state index in [2.05, 4.69) is 38.0 Å². The van der Waals surface area contributed by atoms with Crippen LogP contribution in [0.4, 0.5) is 13.2 Å². The molecular weight excluding hydrogens is 407 g/mol. The fourth-order valence-electron chi connectivity index (χ4n) is 4.85. The number of benzene rings is 1. The lowest BCUT2D eigenvalue weighted by atomic mass is 9.81. The largest absolute Gasteiger partial charge is 0.416 e. The highest BCUT2D eigenvalue weighted by Crippen LogP contribution is 2.34. The minimum absolute atomic E-state index is 0.0910. The molecule has 1 aliphatic carbocycles. The highest BCUT2D eigenvalue weighted by Gasteiger charge is 2.41. The molecule has 0 bridgehead atoms. The number of carbonyl (C=O) groups is 2. The van der Waals surface area contributed by atoms with Gasteiger partial charge in [-0.15, -0.1) is 0 Å². The van der Waals surface area contributed by atoms with Crippen LogP contribution in [-0.4, -0.2) is 59.4 Å². The summed E-state index contributed by atoms with van der Waals surface area (Å²) in [6.45, 7) is 7.09. The molecule has 2 aliphatic rings. The van der Waals surface area contributed by atoms with E-state index in [4.69, 9.17) is 0 Å². The second kappa shape index (κ2) is 9.18. The van der Waals surface area contributed by atoms with Crippen LogP contribution in [0.5, 0.6) is 0 Å². The summed E-state index contributed by atoms with van der Waals surface area (Å²) in [4.78, 5) is 29.7. The first kappa shape index (κ1) is 23.6. The van der Waals surface area contributed by atoms with Crippen molar-refractivity contribution in [2.24, 2.45) is 5.92 Å². The van der Waals surface area contributed by atoms with Gasteiger partial charge < -0.3 is 15.1 Å². The van der Waals surface area contributed by atoms with E-state index in [9.17, 15) is 22.8 Å². The molecule has 1 N–H and O–H groups in total. The van der Waals surface area contributed by atoms with Crippen LogP contribution in [0.3, 0.4) is 0 Å². The number of hydrogen-bond donors (Lipinski definition) is 1. The van der Waals surface area contributed by atoms with Crippen LogP contribution in [-0.2, 0) is 11.0 Å². The Hall–Kier alpha value is -2.09. The van der Waals surface area contributed by atoms with Gasteiger partial charge in [0.2, 0.25) is 5.91 Å². The molecule has 5 nitrogen and oxygen atoms in total. The van der Waals surface area contributed by atoms with Gasteiger partial charge >= 0.3 is 6.18 Å². The maximum Gasteiger partial charge on any atom is 0.416 e. The lowest BCUT2D eigenvalue weighted by Crippen LogP contribution is -2.51. The first-order chi connectivity index (χ1) is 14.5. The van der Waals surface area contributed by atoms with Crippen LogP contribution in [0.25, 0.3) is 0 Å². The zero-order valence-corrected chi connectivity index (χ0v) is 18.6. The molecule has 0 aromatic heterocycles. The number of amides is 2. The number of rotatable bonds is 5. The van der Waals surface area contributed by atoms with Crippen LogP contribution < -0.4 is 5.32 Å². The Kier molecular flexibility index (Phi) is 6.98. The summed E-state index contributed by atoms with van der Waals surface area (Å²) in [5.41, 5.74) is -0.969. The van der Waals surface area contributed by atoms with Crippen molar-refractivity contribution < 1.29 is 22.8 Å². The predicted octanol–water partition coefficient (Wildman–Crippen LogP) is 3.93. The van der Waals surface area contributed by atoms with E-state index in [0.29, 0.717) is 31.0 Å². The second-order valence-electron chi connectivity index (χ2n) is 9.20. The van der Waals surface area contributed by atoms with Gasteiger partial charge in [-0.2, -0.15) is 13.2 Å². The van der Waals surface area contributed by atoms with E-state index in [1.807, 2.05) is 4.90 Å². The van der Waals surface area contributed by atoms with Gasteiger partial charge in [0.15, 0.2) is 0 Å². The second-order valence-corrected chi connectivity index (χ2v) is 9.20. The fraction of sp³-hybridized carbons (Fsp3) is 0.652. The number of nitrogens with zero attached hydrogens (tertiary/aromatic N) is 2. The Morgan fingerprint density at radius 2 is 1.94 bits per heavy atom. The van der Waals surface area contributed by atoms with Crippen LogP contribution in [0.2, 0.25) is 0 Å². The minimum Gasteiger partial charge on any atom is -0.340 e. The Balaban J connectivity index is 1.61. The topological polar surface area (TPSA) is 52.6 Å². The van der Waals surface area contributed by atoms with E-state index in [-0.39, 0.29) is 17.5 Å². The first-order valence-corrected chi connectivity index (χ1v) is 11.0. The average molecular weight is 440 g/mol. The van der Waals surface area contributed by atoms with Gasteiger partial charge in [0.05, 0.1) is 5.56 Å². The summed E-state index contributed by atoms with van der Waals surface area (Å²) in [6.07, 6.45) is -1.08. The molecule has 0 unspecified atom stereocenters. The number of nitrogens with one attached hydrogen (secondary N) is 1. The number of carbonyl (C=O) groups excluding carboxylic acids is 2. The van der Waals surface area contributed by atoms with Crippen LogP contribution in [0.15, 0.2) is 24.3 Å². The Bertz CT molecular complexity index is 812. The third-order valence-corrected chi connectivity index (χ3v) is 6.88. The van der Waals surface area contributed by atoms with Crippen molar-refractivity contribution in [2.75, 3.05) is 13.6 Å². The zero-order chi connectivity index (χ0) is 22.9. The van der Waals surface area contributed by atoms with Crippen molar-refractivity contribution in [3.63, 3.8) is 0 Å². The Morgan fingerprint density at radius 1 is 1.23 bits per heavy atom. The molecule has 1 aromatic rings. The van der Waals surface area contributed by atoms with E-state index >= 15 is 0 Å². The summed E-state index contributed by atoms with van der Waals surface area (Å²) in [5, 5.41) is 2.64. The number of halogens is 3. The van der Waals surface area contributed by atoms with Gasteiger partial charge in [-0.1, -0.05) is 13.0 Å². The van der Waals surface area contributed by atoms with E-state index in [0.717, 1.165) is 31.4 Å². The summed E-state index contributed by atoms with van der Waals surface area (Å²) >= 11 is 0. The third kappa shape index (κ3) is 5.22. The van der Waals surface area contributed by atoms with Crippen LogP contribution in [0, 0.1) is 5.92 Å². The zero-order valence-electron chi connectivity index (χ0n) is 18.6. The molecule has 3 rings (SSSR count). The van der Waals surface area contributed by atoms with Crippen LogP contribution in [0.1, 0.15) is 62.4 Å². The lowest BCUT2D eigenvalue weighted by molar-refractivity contribution is -0.137. The standard InChI is InChI=1S/C23H32F3N3O2/c1-14(2)28(4)18-8-9-20(15(3)12-18)29-11-10-19(22(29)31)27-21(30)16-6-5-7-17(13-16)23(24,25)26/h5-7,13-15,18-20H,8-12H2,1-4H3,(H,27,30)/t15-,18-,19+,20+/m1/s1. The monoisotopic (exact) mass is 439 g/mol. The normalized spacial score (nSPS) is 27.3. The Labute approximate surface area is 182 Å². The molecule has 4 atom stereocenters. The van der Waals surface area contributed by atoms with E-state index in [1.165, 1.54) is 12.1 Å². The molecule has 0 radical (unpaired) electrons. The summed E-state index contributed by atoms with van der Waals surface area (Å²) < 4.78 is 38.8. The summed E-state index contributed by atoms with van der Waals surface area (Å²) in [6, 6.07) is 4.70. The van der Waals surface area contributed by atoms with Gasteiger partial charge in [-0.25, -0.2) is 0 Å². The van der Waals surface area contributed by atoms with E-state index < -0.39 is 23.7 Å². The molecule has 1 saturated heterocycles. The first-order valence-electron chi connectivity index (χ1n) is 11.0. The molecule has 1 aliphatic heterocycles. The number of alkyl halides is 3. The predicted molar refractivity (Wildman–Crippen MR) is 113 cm³/mol. The van der Waals surface area contributed by atoms with Crippen molar-refractivity contribution in [1.82, 2.24) is 15.1 Å². The molecule has 1 heterocycles. The molecule has 1 saturated carbocycles. The average Bonchev–Trinajstić information content (AvgIpc) is 3.06. The molecule has 8 heteroatoms. The highest BCUT2D eigenvalue weighted by molar-refractivity contribution is 5.98. The van der Waals surface area contributed by atoms with Gasteiger partial charge in [-0.3, -0.25) is 9.59 Å². The van der Waals surface area contributed by atoms with Gasteiger partial charge in [-0.05, 0) is 70.7 Å². The smallest absolute Gasteiger partial charge is 0.340 e. The minimum atomic E-state index is -4.52. The number of likely N-dealkylation sites (tertiary alicyclic amines) is 1. The quantitative estimate of drug-likeness (QED) is 0.756. The molecular formula is C23H32F3N3O2. The maximum absolute atomic E-state index is 13.0. The van der Waals surface area contributed by atoms with Crippen molar-refractivity contribution >= 4 is 11.8 Å². The SMILES string of the molecule is CC(C)N(C)[C@@H]1CC[C@H](N2CC[C@H](NC(=O)c3cccc(C(F)(F)F)c3)C2=O)[C@H](C)C1. The van der Waals surface area contributed by atoms with Crippen molar-refractivity contribution in [3.05, 3.63) is 35.4 Å². The van der Waals surface area contributed by atoms with Crippen molar-refractivity contribution in [1.29, 1.82) is 0 Å². The molecule has 172 valence electrons. The summed E-state index contributed by atoms with van der Waals surface area (Å²) in [7, 11) is 2.14. The fourth-order valence-corrected chi connectivity index (χ4v) is 4.85. The van der Waals surface area contributed by atoms with Crippen LogP contribution >= 0.6 is 0 Å². The lowest BCUT2D eigenvalue weighted by Gasteiger charge is -2.43. The molecule has 1 aromatic carbocycles. The Morgan fingerprint density at radius 3 is 2.55 bits per heavy atom. The molecule has 2 amide bonds. The maximum atomic E-state index is 13.0. The van der Waals surface area contributed by atoms with Gasteiger partial charge in [0.1, 0.15) is 6.04 Å². The summed E-state index contributed by atoms with van der Waals surface area (Å²) in [5.74, 6) is -0.434. The van der Waals surface area contributed by atoms with Crippen molar-refractivity contribution in [3.8, 4) is 0 Å². The molecule has 31 heavy (non-hydrogen) atoms. The van der Waals surface area contributed by atoms with E-state index in [1.54, 1.807) is 0 Å². The van der Waals surface area contributed by atoms with Crippen molar-refractivity contribution in [2.45, 2.75) is 76.8 Å². The molecule has 2 fully saturated rings. The van der Waals surface area contributed by atoms with Gasteiger partial charge in [0.25, 0.3) is 5.91 Å². The van der Waals surface area contributed by atoms with Gasteiger partial charge in [0, 0.05) is 30.2 Å². The third-order valence-electron chi connectivity index (χ3n) is 6.88. The highest BCUT2D eigenvalue weighted by atomic mass is 19.4. The molecule has 0 spiro atoms. The number of hydrogen-bond acceptors (Lipinski definition) is 3.